The second-order valence-corrected chi connectivity index (χ2v) is 8.18. The molecule has 1 aromatic heterocycles. The highest BCUT2D eigenvalue weighted by Crippen LogP contribution is 2.19. The number of rotatable bonds is 8. The van der Waals surface area contributed by atoms with E-state index in [0.717, 1.165) is 63.0 Å². The summed E-state index contributed by atoms with van der Waals surface area (Å²) >= 11 is 0. The molecular formula is C23H36IN7O2. The van der Waals surface area contributed by atoms with Crippen molar-refractivity contribution in [1.82, 2.24) is 25.0 Å². The summed E-state index contributed by atoms with van der Waals surface area (Å²) in [6.07, 6.45) is 2.52. The number of piperidine rings is 1. The number of aliphatic imine (C=N–C) groups is 1. The fourth-order valence-corrected chi connectivity index (χ4v) is 3.82. The maximum absolute atomic E-state index is 11.9. The first kappa shape index (κ1) is 26.9. The molecule has 0 aliphatic carbocycles. The van der Waals surface area contributed by atoms with E-state index >= 15 is 0 Å². The van der Waals surface area contributed by atoms with Crippen molar-refractivity contribution in [3.8, 4) is 0 Å². The minimum atomic E-state index is -0.116. The van der Waals surface area contributed by atoms with Crippen LogP contribution in [-0.2, 0) is 23.1 Å². The van der Waals surface area contributed by atoms with E-state index in [-0.39, 0.29) is 35.9 Å². The molecular weight excluding hydrogens is 533 g/mol. The van der Waals surface area contributed by atoms with E-state index in [0.29, 0.717) is 6.54 Å². The quantitative estimate of drug-likeness (QED) is 0.172. The lowest BCUT2D eigenvalue weighted by Crippen LogP contribution is -2.47. The van der Waals surface area contributed by atoms with E-state index in [9.17, 15) is 4.79 Å². The molecule has 0 atom stereocenters. The van der Waals surface area contributed by atoms with Gasteiger partial charge in [-0.05, 0) is 38.3 Å². The van der Waals surface area contributed by atoms with Crippen LogP contribution in [0.25, 0.3) is 0 Å². The van der Waals surface area contributed by atoms with Crippen LogP contribution in [-0.4, -0.2) is 71.9 Å². The third-order valence-electron chi connectivity index (χ3n) is 6.03. The van der Waals surface area contributed by atoms with Crippen molar-refractivity contribution >= 4 is 41.6 Å². The molecule has 2 aromatic rings. The summed E-state index contributed by atoms with van der Waals surface area (Å²) in [4.78, 5) is 21.2. The molecule has 1 fully saturated rings. The van der Waals surface area contributed by atoms with Gasteiger partial charge in [-0.3, -0.25) is 4.79 Å². The molecule has 1 saturated heterocycles. The molecule has 33 heavy (non-hydrogen) atoms. The van der Waals surface area contributed by atoms with Crippen LogP contribution in [0.1, 0.15) is 30.9 Å². The molecule has 3 rings (SSSR count). The highest BCUT2D eigenvalue weighted by Gasteiger charge is 2.27. The van der Waals surface area contributed by atoms with Gasteiger partial charge in [0.05, 0.1) is 13.0 Å². The number of anilines is 1. The zero-order valence-electron chi connectivity index (χ0n) is 20.0. The van der Waals surface area contributed by atoms with E-state index in [1.165, 1.54) is 12.8 Å². The maximum atomic E-state index is 11.9. The third kappa shape index (κ3) is 7.58. The number of halogens is 1. The lowest BCUT2D eigenvalue weighted by atomic mass is 9.97. The van der Waals surface area contributed by atoms with E-state index in [4.69, 9.17) is 9.73 Å². The second-order valence-electron chi connectivity index (χ2n) is 8.18. The molecule has 0 radical (unpaired) electrons. The van der Waals surface area contributed by atoms with Gasteiger partial charge < -0.3 is 24.4 Å². The summed E-state index contributed by atoms with van der Waals surface area (Å²) in [5, 5.41) is 11.9. The Morgan fingerprint density at radius 1 is 1.24 bits per heavy atom. The maximum Gasteiger partial charge on any atom is 0.308 e. The molecule has 1 aliphatic rings. The number of esters is 1. The van der Waals surface area contributed by atoms with Gasteiger partial charge in [0, 0.05) is 46.0 Å². The first-order chi connectivity index (χ1) is 15.5. The second kappa shape index (κ2) is 13.4. The van der Waals surface area contributed by atoms with Gasteiger partial charge in [-0.1, -0.05) is 18.2 Å². The smallest absolute Gasteiger partial charge is 0.308 e. The zero-order chi connectivity index (χ0) is 22.9. The van der Waals surface area contributed by atoms with Crippen molar-refractivity contribution in [2.45, 2.75) is 32.7 Å². The molecule has 0 amide bonds. The standard InChI is InChI=1S/C23H35N7O2.HI/c1-18-26-27-21(29(18)3)17-25-23(30-15-11-19(12-16-30)22(31)32-4)24-13-8-14-28(2)20-9-6-5-7-10-20;/h5-7,9-10,19H,8,11-17H2,1-4H3,(H,24,25);1H. The van der Waals surface area contributed by atoms with Crippen LogP contribution < -0.4 is 10.2 Å². The summed E-state index contributed by atoms with van der Waals surface area (Å²) in [5.41, 5.74) is 1.21. The number of carbonyl (C=O) groups is 1. The minimum absolute atomic E-state index is 0. The van der Waals surface area contributed by atoms with Crippen LogP contribution in [0, 0.1) is 12.8 Å². The van der Waals surface area contributed by atoms with Crippen molar-refractivity contribution in [3.05, 3.63) is 42.0 Å². The number of aromatic nitrogens is 3. The lowest BCUT2D eigenvalue weighted by Gasteiger charge is -2.33. The Bertz CT molecular complexity index is 895. The van der Waals surface area contributed by atoms with E-state index < -0.39 is 0 Å². The molecule has 2 heterocycles. The highest BCUT2D eigenvalue weighted by atomic mass is 127. The molecule has 1 aromatic carbocycles. The Hall–Kier alpha value is -2.37. The van der Waals surface area contributed by atoms with Crippen LogP contribution in [0.2, 0.25) is 0 Å². The predicted octanol–water partition coefficient (Wildman–Crippen LogP) is 2.60. The number of benzene rings is 1. The Kier molecular flexibility index (Phi) is 10.9. The van der Waals surface area contributed by atoms with Crippen molar-refractivity contribution in [2.24, 2.45) is 18.0 Å². The fraction of sp³-hybridized carbons (Fsp3) is 0.565. The number of ether oxygens (including phenoxy) is 1. The number of methoxy groups -OCH3 is 1. The molecule has 0 spiro atoms. The topological polar surface area (TPSA) is 87.9 Å². The largest absolute Gasteiger partial charge is 0.469 e. The number of likely N-dealkylation sites (tertiary alicyclic amines) is 1. The van der Waals surface area contributed by atoms with Crippen LogP contribution in [0.4, 0.5) is 5.69 Å². The van der Waals surface area contributed by atoms with Gasteiger partial charge in [0.1, 0.15) is 12.4 Å². The van der Waals surface area contributed by atoms with Crippen molar-refractivity contribution in [2.75, 3.05) is 45.2 Å². The minimum Gasteiger partial charge on any atom is -0.469 e. The summed E-state index contributed by atoms with van der Waals surface area (Å²) in [7, 11) is 5.52. The summed E-state index contributed by atoms with van der Waals surface area (Å²) in [5.74, 6) is 2.41. The Morgan fingerprint density at radius 3 is 2.55 bits per heavy atom. The SMILES string of the molecule is COC(=O)C1CCN(C(=NCc2nnc(C)n2C)NCCCN(C)c2ccccc2)CC1.I. The number of aryl methyl sites for hydroxylation is 1. The predicted molar refractivity (Wildman–Crippen MR) is 141 cm³/mol. The summed E-state index contributed by atoms with van der Waals surface area (Å²) in [6, 6.07) is 10.4. The third-order valence-corrected chi connectivity index (χ3v) is 6.03. The van der Waals surface area contributed by atoms with Gasteiger partial charge >= 0.3 is 5.97 Å². The average molecular weight is 569 g/mol. The van der Waals surface area contributed by atoms with Gasteiger partial charge in [-0.2, -0.15) is 0 Å². The molecule has 0 unspecified atom stereocenters. The fourth-order valence-electron chi connectivity index (χ4n) is 3.82. The molecule has 1 N–H and O–H groups in total. The van der Waals surface area contributed by atoms with Crippen molar-refractivity contribution in [1.29, 1.82) is 0 Å². The Labute approximate surface area is 213 Å². The molecule has 9 nitrogen and oxygen atoms in total. The number of hydrogen-bond acceptors (Lipinski definition) is 6. The monoisotopic (exact) mass is 569 g/mol. The molecule has 0 bridgehead atoms. The Morgan fingerprint density at radius 2 is 1.94 bits per heavy atom. The Balaban J connectivity index is 0.00000385. The number of hydrogen-bond donors (Lipinski definition) is 1. The van der Waals surface area contributed by atoms with E-state index in [2.05, 4.69) is 56.6 Å². The first-order valence-electron chi connectivity index (χ1n) is 11.2. The van der Waals surface area contributed by atoms with Gasteiger partial charge in [0.2, 0.25) is 0 Å². The van der Waals surface area contributed by atoms with Gasteiger partial charge in [0.15, 0.2) is 11.8 Å². The van der Waals surface area contributed by atoms with Crippen molar-refractivity contribution < 1.29 is 9.53 Å². The average Bonchev–Trinajstić information content (AvgIpc) is 3.16. The van der Waals surface area contributed by atoms with E-state index in [1.54, 1.807) is 0 Å². The molecule has 0 saturated carbocycles. The summed E-state index contributed by atoms with van der Waals surface area (Å²) < 4.78 is 6.88. The number of nitrogens with one attached hydrogen (secondary N) is 1. The van der Waals surface area contributed by atoms with Gasteiger partial charge in [-0.15, -0.1) is 34.2 Å². The van der Waals surface area contributed by atoms with Gasteiger partial charge in [0.25, 0.3) is 0 Å². The molecule has 10 heteroatoms. The zero-order valence-corrected chi connectivity index (χ0v) is 22.4. The van der Waals surface area contributed by atoms with E-state index in [1.807, 2.05) is 24.6 Å². The summed E-state index contributed by atoms with van der Waals surface area (Å²) in [6.45, 7) is 5.68. The lowest BCUT2D eigenvalue weighted by molar-refractivity contribution is -0.146. The van der Waals surface area contributed by atoms with Crippen LogP contribution >= 0.6 is 24.0 Å². The number of carbonyl (C=O) groups excluding carboxylic acids is 1. The molecule has 1 aliphatic heterocycles. The molecule has 182 valence electrons. The highest BCUT2D eigenvalue weighted by molar-refractivity contribution is 14.0. The number of nitrogens with zero attached hydrogens (tertiary/aromatic N) is 6. The first-order valence-corrected chi connectivity index (χ1v) is 11.2. The number of guanidine groups is 1. The van der Waals surface area contributed by atoms with Crippen LogP contribution in [0.5, 0.6) is 0 Å². The normalized spacial score (nSPS) is 14.5. The number of para-hydroxylation sites is 1. The van der Waals surface area contributed by atoms with Crippen LogP contribution in [0.15, 0.2) is 35.3 Å². The van der Waals surface area contributed by atoms with Crippen LogP contribution in [0.3, 0.4) is 0 Å². The van der Waals surface area contributed by atoms with Gasteiger partial charge in [-0.25, -0.2) is 4.99 Å². The van der Waals surface area contributed by atoms with Crippen molar-refractivity contribution in [3.63, 3.8) is 0 Å².